The van der Waals surface area contributed by atoms with Gasteiger partial charge in [0.25, 0.3) is 0 Å². The van der Waals surface area contributed by atoms with Crippen LogP contribution in [0.15, 0.2) is 18.2 Å². The molecule has 0 aliphatic rings. The van der Waals surface area contributed by atoms with E-state index in [1.54, 1.807) is 26.8 Å². The van der Waals surface area contributed by atoms with Gasteiger partial charge in [0.1, 0.15) is 11.4 Å². The maximum Gasteiger partial charge on any atom is 0.407 e. The number of anilines is 2. The van der Waals surface area contributed by atoms with Crippen molar-refractivity contribution in [1.82, 2.24) is 5.32 Å². The number of hydrogen-bond acceptors (Lipinski definition) is 4. The molecule has 1 rings (SSSR count). The highest BCUT2D eigenvalue weighted by Gasteiger charge is 2.15. The Morgan fingerprint density at radius 2 is 1.91 bits per heavy atom. The van der Waals surface area contributed by atoms with Crippen molar-refractivity contribution in [1.29, 1.82) is 0 Å². The largest absolute Gasteiger partial charge is 0.444 e. The second kappa shape index (κ2) is 8.36. The Morgan fingerprint density at radius 1 is 1.22 bits per heavy atom. The molecule has 3 N–H and O–H groups in total. The molecule has 1 aromatic rings. The van der Waals surface area contributed by atoms with Crippen molar-refractivity contribution in [3.63, 3.8) is 0 Å². The molecule has 0 aliphatic carbocycles. The highest BCUT2D eigenvalue weighted by molar-refractivity contribution is 5.89. The van der Waals surface area contributed by atoms with E-state index < -0.39 is 17.5 Å². The first-order valence-corrected chi connectivity index (χ1v) is 7.45. The molecule has 0 spiro atoms. The Balaban J connectivity index is 2.33. The Morgan fingerprint density at radius 3 is 2.52 bits per heavy atom. The van der Waals surface area contributed by atoms with Gasteiger partial charge in [-0.1, -0.05) is 0 Å². The molecule has 0 bridgehead atoms. The molecule has 0 aromatic heterocycles. The van der Waals surface area contributed by atoms with Crippen LogP contribution in [0.1, 0.15) is 34.1 Å². The normalized spacial score (nSPS) is 10.8. The van der Waals surface area contributed by atoms with Gasteiger partial charge >= 0.3 is 6.09 Å². The fourth-order valence-corrected chi connectivity index (χ4v) is 1.75. The average molecular weight is 325 g/mol. The van der Waals surface area contributed by atoms with E-state index in [1.807, 2.05) is 0 Å². The fraction of sp³-hybridized carbons (Fsp3) is 0.500. The summed E-state index contributed by atoms with van der Waals surface area (Å²) in [6, 6.07) is 4.40. The second-order valence-corrected chi connectivity index (χ2v) is 6.08. The highest BCUT2D eigenvalue weighted by Crippen LogP contribution is 2.19. The number of benzene rings is 1. The summed E-state index contributed by atoms with van der Waals surface area (Å²) in [4.78, 5) is 22.4. The molecule has 0 unspecified atom stereocenters. The predicted octanol–water partition coefficient (Wildman–Crippen LogP) is 3.11. The molecule has 23 heavy (non-hydrogen) atoms. The summed E-state index contributed by atoms with van der Waals surface area (Å²) in [5.74, 6) is -0.819. The van der Waals surface area contributed by atoms with Crippen LogP contribution in [0.2, 0.25) is 0 Å². The second-order valence-electron chi connectivity index (χ2n) is 6.08. The monoisotopic (exact) mass is 325 g/mol. The number of nitrogens with one attached hydrogen (secondary N) is 3. The minimum atomic E-state index is -0.517. The number of hydrogen-bond donors (Lipinski definition) is 3. The van der Waals surface area contributed by atoms with Gasteiger partial charge in [-0.25, -0.2) is 9.18 Å². The molecule has 2 amide bonds. The van der Waals surface area contributed by atoms with E-state index >= 15 is 0 Å². The number of carbonyl (C=O) groups excluding carboxylic acids is 2. The molecule has 128 valence electrons. The first kappa shape index (κ1) is 18.7. The van der Waals surface area contributed by atoms with Gasteiger partial charge in [0.2, 0.25) is 5.91 Å². The fourth-order valence-electron chi connectivity index (χ4n) is 1.75. The molecule has 0 fully saturated rings. The maximum absolute atomic E-state index is 13.5. The van der Waals surface area contributed by atoms with Crippen molar-refractivity contribution in [3.8, 4) is 0 Å². The zero-order chi connectivity index (χ0) is 17.5. The topological polar surface area (TPSA) is 79.5 Å². The number of rotatable bonds is 6. The lowest BCUT2D eigenvalue weighted by Gasteiger charge is -2.19. The van der Waals surface area contributed by atoms with Crippen molar-refractivity contribution in [2.75, 3.05) is 23.7 Å². The third-order valence-electron chi connectivity index (χ3n) is 2.63. The van der Waals surface area contributed by atoms with Crippen molar-refractivity contribution < 1.29 is 18.7 Å². The van der Waals surface area contributed by atoms with Gasteiger partial charge in [0, 0.05) is 25.7 Å². The molecule has 0 saturated carbocycles. The molecule has 0 saturated heterocycles. The zero-order valence-electron chi connectivity index (χ0n) is 14.0. The quantitative estimate of drug-likeness (QED) is 0.702. The van der Waals surface area contributed by atoms with E-state index in [-0.39, 0.29) is 11.6 Å². The van der Waals surface area contributed by atoms with Gasteiger partial charge in [0.05, 0.1) is 5.69 Å². The molecule has 0 heterocycles. The Labute approximate surface area is 135 Å². The standard InChI is InChI=1S/C16H24FN3O3/c1-11(21)20-14-10-12(6-7-13(14)17)18-8-5-9-19-15(22)23-16(2,3)4/h6-7,10,18H,5,8-9H2,1-4H3,(H,19,22)(H,20,21). The smallest absolute Gasteiger partial charge is 0.407 e. The Kier molecular flexibility index (Phi) is 6.81. The van der Waals surface area contributed by atoms with Crippen molar-refractivity contribution in [2.24, 2.45) is 0 Å². The first-order valence-electron chi connectivity index (χ1n) is 7.45. The third kappa shape index (κ3) is 8.04. The van der Waals surface area contributed by atoms with E-state index in [4.69, 9.17) is 4.74 Å². The summed E-state index contributed by atoms with van der Waals surface area (Å²) in [7, 11) is 0. The van der Waals surface area contributed by atoms with Crippen LogP contribution < -0.4 is 16.0 Å². The number of alkyl carbamates (subject to hydrolysis) is 1. The van der Waals surface area contributed by atoms with Crippen LogP contribution >= 0.6 is 0 Å². The molecule has 0 aliphatic heterocycles. The van der Waals surface area contributed by atoms with Gasteiger partial charge in [-0.2, -0.15) is 0 Å². The van der Waals surface area contributed by atoms with Crippen LogP contribution in [0.3, 0.4) is 0 Å². The number of amides is 2. The minimum absolute atomic E-state index is 0.134. The van der Waals surface area contributed by atoms with Crippen LogP contribution in [0.5, 0.6) is 0 Å². The molecular formula is C16H24FN3O3. The van der Waals surface area contributed by atoms with E-state index in [2.05, 4.69) is 16.0 Å². The predicted molar refractivity (Wildman–Crippen MR) is 88.0 cm³/mol. The van der Waals surface area contributed by atoms with Crippen LogP contribution in [0.25, 0.3) is 0 Å². The van der Waals surface area contributed by atoms with E-state index in [0.717, 1.165) is 0 Å². The van der Waals surface area contributed by atoms with E-state index in [9.17, 15) is 14.0 Å². The van der Waals surface area contributed by atoms with Crippen molar-refractivity contribution >= 4 is 23.4 Å². The summed E-state index contributed by atoms with van der Waals surface area (Å²) in [5, 5.41) is 8.18. The zero-order valence-corrected chi connectivity index (χ0v) is 14.0. The molecule has 0 atom stereocenters. The lowest BCUT2D eigenvalue weighted by Crippen LogP contribution is -2.33. The van der Waals surface area contributed by atoms with Crippen LogP contribution in [-0.4, -0.2) is 30.7 Å². The summed E-state index contributed by atoms with van der Waals surface area (Å²) < 4.78 is 18.6. The van der Waals surface area contributed by atoms with Crippen LogP contribution in [0, 0.1) is 5.82 Å². The van der Waals surface area contributed by atoms with Crippen LogP contribution in [-0.2, 0) is 9.53 Å². The Hall–Kier alpha value is -2.31. The number of ether oxygens (including phenoxy) is 1. The van der Waals surface area contributed by atoms with Gasteiger partial charge in [-0.05, 0) is 45.4 Å². The SMILES string of the molecule is CC(=O)Nc1cc(NCCCNC(=O)OC(C)(C)C)ccc1F. The van der Waals surface area contributed by atoms with E-state index in [0.29, 0.717) is 25.2 Å². The molecule has 7 heteroatoms. The summed E-state index contributed by atoms with van der Waals surface area (Å²) >= 11 is 0. The van der Waals surface area contributed by atoms with Gasteiger partial charge < -0.3 is 20.7 Å². The van der Waals surface area contributed by atoms with Gasteiger partial charge in [0.15, 0.2) is 0 Å². The molecule has 6 nitrogen and oxygen atoms in total. The number of carbonyl (C=O) groups is 2. The summed E-state index contributed by atoms with van der Waals surface area (Å²) in [6.45, 7) is 7.77. The highest BCUT2D eigenvalue weighted by atomic mass is 19.1. The minimum Gasteiger partial charge on any atom is -0.444 e. The van der Waals surface area contributed by atoms with Crippen molar-refractivity contribution in [3.05, 3.63) is 24.0 Å². The molecular weight excluding hydrogens is 301 g/mol. The molecule has 0 radical (unpaired) electrons. The summed E-state index contributed by atoms with van der Waals surface area (Å²) in [5.41, 5.74) is 0.304. The average Bonchev–Trinajstić information content (AvgIpc) is 2.39. The summed E-state index contributed by atoms with van der Waals surface area (Å²) in [6.07, 6.45) is 0.221. The van der Waals surface area contributed by atoms with Crippen LogP contribution in [0.4, 0.5) is 20.6 Å². The first-order chi connectivity index (χ1) is 10.7. The third-order valence-corrected chi connectivity index (χ3v) is 2.63. The van der Waals surface area contributed by atoms with E-state index in [1.165, 1.54) is 19.1 Å². The lowest BCUT2D eigenvalue weighted by atomic mass is 10.2. The maximum atomic E-state index is 13.5. The van der Waals surface area contributed by atoms with Gasteiger partial charge in [-0.15, -0.1) is 0 Å². The Bertz CT molecular complexity index is 556. The molecule has 1 aromatic carbocycles. The van der Waals surface area contributed by atoms with Gasteiger partial charge in [-0.3, -0.25) is 4.79 Å². The lowest BCUT2D eigenvalue weighted by molar-refractivity contribution is -0.114. The van der Waals surface area contributed by atoms with Crippen molar-refractivity contribution in [2.45, 2.75) is 39.7 Å². The number of halogens is 1.